The Morgan fingerprint density at radius 1 is 1.62 bits per heavy atom. The zero-order valence-corrected chi connectivity index (χ0v) is 11.1. The molecule has 5 nitrogen and oxygen atoms in total. The molecule has 0 amide bonds. The predicted molar refractivity (Wildman–Crippen MR) is 67.7 cm³/mol. The number of hydrogen-bond acceptors (Lipinski definition) is 5. The molecule has 0 aliphatic carbocycles. The number of rotatable bonds is 6. The Morgan fingerprint density at radius 2 is 2.38 bits per heavy atom. The van der Waals surface area contributed by atoms with E-state index in [9.17, 15) is 0 Å². The summed E-state index contributed by atoms with van der Waals surface area (Å²) in [5, 5.41) is 3.18. The third-order valence-corrected chi connectivity index (χ3v) is 2.70. The van der Waals surface area contributed by atoms with Crippen molar-refractivity contribution in [2.24, 2.45) is 5.73 Å². The first-order chi connectivity index (χ1) is 7.71. The van der Waals surface area contributed by atoms with Crippen molar-refractivity contribution in [3.8, 4) is 5.88 Å². The minimum atomic E-state index is 0.205. The molecule has 1 aromatic rings. The van der Waals surface area contributed by atoms with E-state index < -0.39 is 0 Å². The number of anilines is 1. The van der Waals surface area contributed by atoms with Crippen LogP contribution in [0.2, 0.25) is 0 Å². The largest absolute Gasteiger partial charge is 0.480 e. The minimum absolute atomic E-state index is 0.205. The lowest BCUT2D eigenvalue weighted by Gasteiger charge is -2.16. The summed E-state index contributed by atoms with van der Waals surface area (Å²) in [6.07, 6.45) is 3.73. The normalized spacial score (nSPS) is 12.2. The summed E-state index contributed by atoms with van der Waals surface area (Å²) in [6.45, 7) is 2.68. The molecule has 0 aliphatic rings. The molecule has 0 aromatic carbocycles. The standard InChI is InChI=1S/C10H17BrN4O/c1-3-4-7(5-12)14-10-13-6-8(11)9(15-10)16-2/h6-7H,3-5,12H2,1-2H3,(H,13,14,15). The van der Waals surface area contributed by atoms with Crippen molar-refractivity contribution in [1.29, 1.82) is 0 Å². The van der Waals surface area contributed by atoms with Crippen LogP contribution in [0.4, 0.5) is 5.95 Å². The number of halogens is 1. The van der Waals surface area contributed by atoms with Gasteiger partial charge in [0.25, 0.3) is 0 Å². The van der Waals surface area contributed by atoms with Gasteiger partial charge in [0.1, 0.15) is 0 Å². The average molecular weight is 289 g/mol. The van der Waals surface area contributed by atoms with Gasteiger partial charge >= 0.3 is 0 Å². The Labute approximate surface area is 104 Å². The SMILES string of the molecule is CCCC(CN)Nc1ncc(Br)c(OC)n1. The van der Waals surface area contributed by atoms with Gasteiger partial charge in [0.05, 0.1) is 17.8 Å². The Hall–Kier alpha value is -0.880. The molecule has 90 valence electrons. The summed E-state index contributed by atoms with van der Waals surface area (Å²) in [6, 6.07) is 0.205. The first kappa shape index (κ1) is 13.2. The predicted octanol–water partition coefficient (Wildman–Crippen LogP) is 1.79. The van der Waals surface area contributed by atoms with Gasteiger partial charge in [-0.2, -0.15) is 4.98 Å². The Bertz CT molecular complexity index is 335. The van der Waals surface area contributed by atoms with E-state index in [0.717, 1.165) is 17.3 Å². The molecular formula is C10H17BrN4O. The van der Waals surface area contributed by atoms with Gasteiger partial charge in [-0.15, -0.1) is 0 Å². The van der Waals surface area contributed by atoms with E-state index in [2.05, 4.69) is 38.1 Å². The van der Waals surface area contributed by atoms with Gasteiger partial charge in [-0.25, -0.2) is 4.98 Å². The number of aromatic nitrogens is 2. The van der Waals surface area contributed by atoms with Gasteiger partial charge in [-0.3, -0.25) is 0 Å². The second kappa shape index (κ2) is 6.65. The van der Waals surface area contributed by atoms with Crippen molar-refractivity contribution < 1.29 is 4.74 Å². The van der Waals surface area contributed by atoms with Crippen LogP contribution in [-0.4, -0.2) is 29.7 Å². The van der Waals surface area contributed by atoms with Crippen LogP contribution in [-0.2, 0) is 0 Å². The van der Waals surface area contributed by atoms with Crippen molar-refractivity contribution in [1.82, 2.24) is 9.97 Å². The quantitative estimate of drug-likeness (QED) is 0.835. The lowest BCUT2D eigenvalue weighted by atomic mass is 10.2. The maximum absolute atomic E-state index is 5.65. The van der Waals surface area contributed by atoms with E-state index in [0.29, 0.717) is 18.4 Å². The minimum Gasteiger partial charge on any atom is -0.480 e. The van der Waals surface area contributed by atoms with Gasteiger partial charge in [0.2, 0.25) is 11.8 Å². The zero-order valence-electron chi connectivity index (χ0n) is 9.53. The van der Waals surface area contributed by atoms with Gasteiger partial charge in [-0.1, -0.05) is 13.3 Å². The van der Waals surface area contributed by atoms with Crippen molar-refractivity contribution in [3.05, 3.63) is 10.7 Å². The number of nitrogens with one attached hydrogen (secondary N) is 1. The van der Waals surface area contributed by atoms with Crippen LogP contribution in [0, 0.1) is 0 Å². The maximum Gasteiger partial charge on any atom is 0.232 e. The molecule has 6 heteroatoms. The highest BCUT2D eigenvalue weighted by Gasteiger charge is 2.09. The van der Waals surface area contributed by atoms with E-state index in [-0.39, 0.29) is 6.04 Å². The number of methoxy groups -OCH3 is 1. The summed E-state index contributed by atoms with van der Waals surface area (Å²) in [7, 11) is 1.57. The molecule has 0 radical (unpaired) electrons. The molecule has 0 saturated heterocycles. The van der Waals surface area contributed by atoms with Gasteiger partial charge in [0.15, 0.2) is 0 Å². The molecule has 3 N–H and O–H groups in total. The van der Waals surface area contributed by atoms with Crippen molar-refractivity contribution in [3.63, 3.8) is 0 Å². The van der Waals surface area contributed by atoms with Gasteiger partial charge in [0, 0.05) is 12.6 Å². The second-order valence-corrected chi connectivity index (χ2v) is 4.27. The zero-order chi connectivity index (χ0) is 12.0. The van der Waals surface area contributed by atoms with E-state index in [1.807, 2.05) is 0 Å². The lowest BCUT2D eigenvalue weighted by molar-refractivity contribution is 0.394. The second-order valence-electron chi connectivity index (χ2n) is 3.42. The average Bonchev–Trinajstić information content (AvgIpc) is 2.30. The number of nitrogens with two attached hydrogens (primary N) is 1. The van der Waals surface area contributed by atoms with Crippen LogP contribution < -0.4 is 15.8 Å². The fourth-order valence-electron chi connectivity index (χ4n) is 1.34. The molecule has 1 heterocycles. The summed E-state index contributed by atoms with van der Waals surface area (Å²) >= 11 is 3.30. The molecule has 0 aliphatic heterocycles. The first-order valence-electron chi connectivity index (χ1n) is 5.24. The smallest absolute Gasteiger partial charge is 0.232 e. The van der Waals surface area contributed by atoms with Crippen molar-refractivity contribution in [2.45, 2.75) is 25.8 Å². The van der Waals surface area contributed by atoms with Crippen LogP contribution in [0.1, 0.15) is 19.8 Å². The molecular weight excluding hydrogens is 272 g/mol. The Morgan fingerprint density at radius 3 is 2.94 bits per heavy atom. The summed E-state index contributed by atoms with van der Waals surface area (Å²) in [5.41, 5.74) is 5.65. The number of ether oxygens (including phenoxy) is 1. The fraction of sp³-hybridized carbons (Fsp3) is 0.600. The summed E-state index contributed by atoms with van der Waals surface area (Å²) in [4.78, 5) is 8.37. The van der Waals surface area contributed by atoms with Crippen molar-refractivity contribution in [2.75, 3.05) is 19.0 Å². The third kappa shape index (κ3) is 3.61. The third-order valence-electron chi connectivity index (χ3n) is 2.16. The monoisotopic (exact) mass is 288 g/mol. The molecule has 1 atom stereocenters. The lowest BCUT2D eigenvalue weighted by Crippen LogP contribution is -2.29. The van der Waals surface area contributed by atoms with Crippen LogP contribution in [0.3, 0.4) is 0 Å². The van der Waals surface area contributed by atoms with E-state index in [1.54, 1.807) is 13.3 Å². The Kier molecular flexibility index (Phi) is 5.48. The van der Waals surface area contributed by atoms with Gasteiger partial charge in [-0.05, 0) is 22.4 Å². The van der Waals surface area contributed by atoms with Crippen LogP contribution in [0.15, 0.2) is 10.7 Å². The highest BCUT2D eigenvalue weighted by atomic mass is 79.9. The van der Waals surface area contributed by atoms with Gasteiger partial charge < -0.3 is 15.8 Å². The van der Waals surface area contributed by atoms with Crippen LogP contribution in [0.25, 0.3) is 0 Å². The van der Waals surface area contributed by atoms with E-state index in [4.69, 9.17) is 10.5 Å². The van der Waals surface area contributed by atoms with E-state index in [1.165, 1.54) is 0 Å². The summed E-state index contributed by atoms with van der Waals surface area (Å²) < 4.78 is 5.83. The number of hydrogen-bond donors (Lipinski definition) is 2. The molecule has 1 unspecified atom stereocenters. The highest BCUT2D eigenvalue weighted by molar-refractivity contribution is 9.10. The molecule has 0 bridgehead atoms. The molecule has 16 heavy (non-hydrogen) atoms. The van der Waals surface area contributed by atoms with Crippen LogP contribution >= 0.6 is 15.9 Å². The Balaban J connectivity index is 2.72. The number of nitrogens with zero attached hydrogens (tertiary/aromatic N) is 2. The molecule has 0 fully saturated rings. The topological polar surface area (TPSA) is 73.1 Å². The summed E-state index contributed by atoms with van der Waals surface area (Å²) in [5.74, 6) is 1.06. The van der Waals surface area contributed by atoms with E-state index >= 15 is 0 Å². The molecule has 1 aromatic heterocycles. The fourth-order valence-corrected chi connectivity index (χ4v) is 1.70. The molecule has 0 spiro atoms. The highest BCUT2D eigenvalue weighted by Crippen LogP contribution is 2.22. The van der Waals surface area contributed by atoms with Crippen molar-refractivity contribution >= 4 is 21.9 Å². The van der Waals surface area contributed by atoms with Crippen LogP contribution in [0.5, 0.6) is 5.88 Å². The molecule has 1 rings (SSSR count). The molecule has 0 saturated carbocycles. The maximum atomic E-state index is 5.65. The first-order valence-corrected chi connectivity index (χ1v) is 6.03.